The lowest BCUT2D eigenvalue weighted by atomic mass is 10.2. The van der Waals surface area contributed by atoms with Crippen LogP contribution in [-0.2, 0) is 10.0 Å². The summed E-state index contributed by atoms with van der Waals surface area (Å²) in [6.07, 6.45) is 0.836. The summed E-state index contributed by atoms with van der Waals surface area (Å²) >= 11 is 1.23. The smallest absolute Gasteiger partial charge is 0.319 e. The molecule has 2 aromatic carbocycles. The summed E-state index contributed by atoms with van der Waals surface area (Å²) < 4.78 is 28.4. The van der Waals surface area contributed by atoms with Crippen molar-refractivity contribution in [2.24, 2.45) is 0 Å². The molecule has 3 aromatic rings. The van der Waals surface area contributed by atoms with Crippen LogP contribution in [0.2, 0.25) is 0 Å². The molecule has 0 bridgehead atoms. The van der Waals surface area contributed by atoms with Crippen molar-refractivity contribution in [3.05, 3.63) is 48.0 Å². The van der Waals surface area contributed by atoms with Gasteiger partial charge in [-0.05, 0) is 50.6 Å². The monoisotopic (exact) mass is 418 g/mol. The number of carbonyl (C=O) groups is 1. The SMILES string of the molecule is CC[C@@H](C)NC(=O)Nc1ccc2sc(NS(=O)(=O)c3ccc(C)cc3)nc2c1. The van der Waals surface area contributed by atoms with E-state index in [0.717, 1.165) is 16.7 Å². The Bertz CT molecular complexity index is 1090. The van der Waals surface area contributed by atoms with Crippen molar-refractivity contribution in [2.45, 2.75) is 38.1 Å². The summed E-state index contributed by atoms with van der Waals surface area (Å²) in [4.78, 5) is 16.5. The maximum Gasteiger partial charge on any atom is 0.319 e. The zero-order chi connectivity index (χ0) is 20.3. The van der Waals surface area contributed by atoms with Crippen LogP contribution in [0.1, 0.15) is 25.8 Å². The molecule has 28 heavy (non-hydrogen) atoms. The number of aromatic nitrogens is 1. The van der Waals surface area contributed by atoms with Crippen LogP contribution in [0.3, 0.4) is 0 Å². The number of fused-ring (bicyclic) bond motifs is 1. The lowest BCUT2D eigenvalue weighted by Gasteiger charge is -2.12. The zero-order valence-electron chi connectivity index (χ0n) is 15.8. The third-order valence-electron chi connectivity index (χ3n) is 4.19. The second-order valence-corrected chi connectivity index (χ2v) is 9.24. The Morgan fingerprint density at radius 2 is 1.89 bits per heavy atom. The summed E-state index contributed by atoms with van der Waals surface area (Å²) in [5, 5.41) is 5.86. The molecular formula is C19H22N4O3S2. The van der Waals surface area contributed by atoms with Crippen LogP contribution in [-0.4, -0.2) is 25.5 Å². The van der Waals surface area contributed by atoms with Crippen molar-refractivity contribution in [1.29, 1.82) is 0 Å². The molecule has 1 atom stereocenters. The van der Waals surface area contributed by atoms with Crippen LogP contribution in [0.4, 0.5) is 15.6 Å². The lowest BCUT2D eigenvalue weighted by Crippen LogP contribution is -2.35. The minimum absolute atomic E-state index is 0.0748. The maximum atomic E-state index is 12.5. The van der Waals surface area contributed by atoms with E-state index in [-0.39, 0.29) is 22.1 Å². The Hall–Kier alpha value is -2.65. The standard InChI is InChI=1S/C19H22N4O3S2/c1-4-13(3)20-18(24)21-14-7-10-17-16(11-14)22-19(27-17)23-28(25,26)15-8-5-12(2)6-9-15/h5-11,13H,4H2,1-3H3,(H,22,23)(H2,20,21,24)/t13-/m1/s1. The highest BCUT2D eigenvalue weighted by molar-refractivity contribution is 7.93. The molecular weight excluding hydrogens is 396 g/mol. The number of sulfonamides is 1. The summed E-state index contributed by atoms with van der Waals surface area (Å²) in [6, 6.07) is 11.7. The molecule has 2 amide bonds. The van der Waals surface area contributed by atoms with Crippen LogP contribution in [0, 0.1) is 6.92 Å². The Balaban J connectivity index is 1.77. The number of nitrogens with one attached hydrogen (secondary N) is 3. The zero-order valence-corrected chi connectivity index (χ0v) is 17.4. The molecule has 7 nitrogen and oxygen atoms in total. The van der Waals surface area contributed by atoms with E-state index >= 15 is 0 Å². The molecule has 9 heteroatoms. The number of benzene rings is 2. The number of anilines is 2. The van der Waals surface area contributed by atoms with Gasteiger partial charge in [-0.3, -0.25) is 4.72 Å². The van der Waals surface area contributed by atoms with Crippen molar-refractivity contribution in [2.75, 3.05) is 10.0 Å². The second-order valence-electron chi connectivity index (χ2n) is 6.53. The average Bonchev–Trinajstić information content (AvgIpc) is 3.02. The number of rotatable bonds is 6. The quantitative estimate of drug-likeness (QED) is 0.555. The lowest BCUT2D eigenvalue weighted by molar-refractivity contribution is 0.249. The van der Waals surface area contributed by atoms with Gasteiger partial charge in [-0.25, -0.2) is 18.2 Å². The van der Waals surface area contributed by atoms with E-state index in [0.29, 0.717) is 11.2 Å². The summed E-state index contributed by atoms with van der Waals surface area (Å²) in [5.74, 6) is 0. The normalized spacial score (nSPS) is 12.5. The molecule has 1 heterocycles. The van der Waals surface area contributed by atoms with Gasteiger partial charge in [0.1, 0.15) is 0 Å². The van der Waals surface area contributed by atoms with Crippen molar-refractivity contribution >= 4 is 48.4 Å². The number of thiazole rings is 1. The van der Waals surface area contributed by atoms with E-state index < -0.39 is 10.0 Å². The van der Waals surface area contributed by atoms with E-state index in [1.165, 1.54) is 11.3 Å². The molecule has 0 saturated heterocycles. The van der Waals surface area contributed by atoms with E-state index in [4.69, 9.17) is 0 Å². The number of carbonyl (C=O) groups excluding carboxylic acids is 1. The van der Waals surface area contributed by atoms with E-state index in [1.807, 2.05) is 20.8 Å². The van der Waals surface area contributed by atoms with Gasteiger partial charge in [0.2, 0.25) is 0 Å². The van der Waals surface area contributed by atoms with E-state index in [1.54, 1.807) is 42.5 Å². The number of hydrogen-bond acceptors (Lipinski definition) is 5. The highest BCUT2D eigenvalue weighted by Crippen LogP contribution is 2.29. The molecule has 0 spiro atoms. The maximum absolute atomic E-state index is 12.5. The first-order chi connectivity index (χ1) is 13.3. The fraction of sp³-hybridized carbons (Fsp3) is 0.263. The average molecular weight is 419 g/mol. The Kier molecular flexibility index (Phi) is 5.85. The van der Waals surface area contributed by atoms with Gasteiger partial charge >= 0.3 is 6.03 Å². The first-order valence-electron chi connectivity index (χ1n) is 8.84. The summed E-state index contributed by atoms with van der Waals surface area (Å²) in [7, 11) is -3.71. The third-order valence-corrected chi connectivity index (χ3v) is 6.62. The van der Waals surface area contributed by atoms with Gasteiger partial charge in [0, 0.05) is 11.7 Å². The number of hydrogen-bond donors (Lipinski definition) is 3. The van der Waals surface area contributed by atoms with Gasteiger partial charge in [-0.1, -0.05) is 36.0 Å². The highest BCUT2D eigenvalue weighted by Gasteiger charge is 2.16. The molecule has 0 saturated carbocycles. The molecule has 0 aliphatic heterocycles. The van der Waals surface area contributed by atoms with Crippen molar-refractivity contribution in [3.8, 4) is 0 Å². The first-order valence-corrected chi connectivity index (χ1v) is 11.1. The van der Waals surface area contributed by atoms with Gasteiger partial charge in [-0.2, -0.15) is 0 Å². The molecule has 1 aromatic heterocycles. The summed E-state index contributed by atoms with van der Waals surface area (Å²) in [5.41, 5.74) is 2.18. The van der Waals surface area contributed by atoms with Crippen LogP contribution >= 0.6 is 11.3 Å². The van der Waals surface area contributed by atoms with Crippen LogP contribution < -0.4 is 15.4 Å². The molecule has 0 radical (unpaired) electrons. The molecule has 148 valence electrons. The Labute approximate surface area is 168 Å². The molecule has 3 rings (SSSR count). The van der Waals surface area contributed by atoms with Gasteiger partial charge in [0.25, 0.3) is 10.0 Å². The fourth-order valence-electron chi connectivity index (χ4n) is 2.43. The Morgan fingerprint density at radius 1 is 1.18 bits per heavy atom. The molecule has 0 unspecified atom stereocenters. The van der Waals surface area contributed by atoms with E-state index in [9.17, 15) is 13.2 Å². The highest BCUT2D eigenvalue weighted by atomic mass is 32.2. The van der Waals surface area contributed by atoms with Gasteiger partial charge in [0.15, 0.2) is 5.13 Å². The summed E-state index contributed by atoms with van der Waals surface area (Å²) in [6.45, 7) is 5.81. The largest absolute Gasteiger partial charge is 0.335 e. The van der Waals surface area contributed by atoms with Crippen molar-refractivity contribution < 1.29 is 13.2 Å². The predicted molar refractivity (Wildman–Crippen MR) is 114 cm³/mol. The molecule has 0 fully saturated rings. The number of amides is 2. The predicted octanol–water partition coefficient (Wildman–Crippen LogP) is 4.33. The van der Waals surface area contributed by atoms with Crippen LogP contribution in [0.5, 0.6) is 0 Å². The van der Waals surface area contributed by atoms with Gasteiger partial charge in [0.05, 0.1) is 15.1 Å². The first kappa shape index (κ1) is 20.1. The molecule has 3 N–H and O–H groups in total. The van der Waals surface area contributed by atoms with E-state index in [2.05, 4.69) is 20.3 Å². The Morgan fingerprint density at radius 3 is 2.57 bits per heavy atom. The third kappa shape index (κ3) is 4.79. The number of aryl methyl sites for hydroxylation is 1. The van der Waals surface area contributed by atoms with Crippen LogP contribution in [0.15, 0.2) is 47.4 Å². The molecule has 0 aliphatic rings. The van der Waals surface area contributed by atoms with Crippen molar-refractivity contribution in [3.63, 3.8) is 0 Å². The van der Waals surface area contributed by atoms with Gasteiger partial charge < -0.3 is 10.6 Å². The topological polar surface area (TPSA) is 100 Å². The minimum atomic E-state index is -3.71. The minimum Gasteiger partial charge on any atom is -0.335 e. The fourth-order valence-corrected chi connectivity index (χ4v) is 4.51. The second kappa shape index (κ2) is 8.15. The van der Waals surface area contributed by atoms with Crippen molar-refractivity contribution in [1.82, 2.24) is 10.3 Å². The van der Waals surface area contributed by atoms with Gasteiger partial charge in [-0.15, -0.1) is 0 Å². The number of urea groups is 1. The molecule has 0 aliphatic carbocycles. The number of nitrogens with zero attached hydrogens (tertiary/aromatic N) is 1. The van der Waals surface area contributed by atoms with Crippen LogP contribution in [0.25, 0.3) is 10.2 Å².